The second-order valence-electron chi connectivity index (χ2n) is 1.66. The van der Waals surface area contributed by atoms with Crippen LogP contribution >= 0.6 is 22.6 Å². The lowest BCUT2D eigenvalue weighted by Crippen LogP contribution is -1.88. The Morgan fingerprint density at radius 2 is 2.29 bits per heavy atom. The van der Waals surface area contributed by atoms with Crippen LogP contribution in [0.15, 0.2) is 0 Å². The molecule has 40 valence electrons. The standard InChI is InChI=1S/C4H4FIO/c5-3-1-2(3)4(6)7/h2-3H,1H2. The molecule has 1 nitrogen and oxygen atoms in total. The summed E-state index contributed by atoms with van der Waals surface area (Å²) in [5.41, 5.74) is 0. The maximum absolute atomic E-state index is 11.8. The highest BCUT2D eigenvalue weighted by molar-refractivity contribution is 14.1. The van der Waals surface area contributed by atoms with Gasteiger partial charge in [-0.25, -0.2) is 4.39 Å². The fourth-order valence-corrected chi connectivity index (χ4v) is 1.04. The first kappa shape index (κ1) is 5.47. The third-order valence-electron chi connectivity index (χ3n) is 1.00. The minimum absolute atomic E-state index is 0.0369. The number of alkyl halides is 1. The molecule has 0 aromatic heterocycles. The highest BCUT2D eigenvalue weighted by Crippen LogP contribution is 2.36. The predicted octanol–water partition coefficient (Wildman–Crippen LogP) is 1.31. The van der Waals surface area contributed by atoms with Crippen LogP contribution in [0, 0.1) is 5.92 Å². The average molecular weight is 214 g/mol. The van der Waals surface area contributed by atoms with E-state index in [2.05, 4.69) is 0 Å². The molecule has 1 fully saturated rings. The van der Waals surface area contributed by atoms with Crippen molar-refractivity contribution in [2.24, 2.45) is 5.92 Å². The molecule has 3 heteroatoms. The highest BCUT2D eigenvalue weighted by Gasteiger charge is 2.42. The number of carbonyl (C=O) groups is 1. The molecule has 0 N–H and O–H groups in total. The van der Waals surface area contributed by atoms with Gasteiger partial charge in [0.2, 0.25) is 0 Å². The van der Waals surface area contributed by atoms with Crippen molar-refractivity contribution in [1.29, 1.82) is 0 Å². The normalized spacial score (nSPS) is 38.0. The molecule has 1 aliphatic carbocycles. The minimum Gasteiger partial charge on any atom is -0.287 e. The van der Waals surface area contributed by atoms with Gasteiger partial charge in [0.15, 0.2) is 3.79 Å². The van der Waals surface area contributed by atoms with Gasteiger partial charge in [-0.05, 0) is 29.0 Å². The van der Waals surface area contributed by atoms with Crippen molar-refractivity contribution in [2.45, 2.75) is 12.6 Å². The van der Waals surface area contributed by atoms with Crippen molar-refractivity contribution < 1.29 is 9.18 Å². The SMILES string of the molecule is O=C(I)C1CC1F. The molecular formula is C4H4FIO. The minimum atomic E-state index is -0.815. The Labute approximate surface area is 54.4 Å². The Morgan fingerprint density at radius 1 is 1.86 bits per heavy atom. The maximum Gasteiger partial charge on any atom is 0.198 e. The van der Waals surface area contributed by atoms with E-state index in [1.165, 1.54) is 0 Å². The van der Waals surface area contributed by atoms with E-state index in [0.717, 1.165) is 0 Å². The quantitative estimate of drug-likeness (QED) is 0.475. The van der Waals surface area contributed by atoms with Crippen LogP contribution in [0.25, 0.3) is 0 Å². The molecule has 1 saturated carbocycles. The van der Waals surface area contributed by atoms with Gasteiger partial charge in [0.05, 0.1) is 5.92 Å². The van der Waals surface area contributed by atoms with Gasteiger partial charge in [0.1, 0.15) is 6.17 Å². The summed E-state index contributed by atoms with van der Waals surface area (Å²) in [5.74, 6) is -0.249. The van der Waals surface area contributed by atoms with Gasteiger partial charge in [0, 0.05) is 0 Å². The summed E-state index contributed by atoms with van der Waals surface area (Å²) in [6, 6.07) is 0. The van der Waals surface area contributed by atoms with Gasteiger partial charge in [-0.3, -0.25) is 4.79 Å². The summed E-state index contributed by atoms with van der Waals surface area (Å²) in [6.07, 6.45) is -0.355. The summed E-state index contributed by atoms with van der Waals surface area (Å²) < 4.78 is 11.8. The van der Waals surface area contributed by atoms with E-state index in [-0.39, 0.29) is 9.71 Å². The van der Waals surface area contributed by atoms with Crippen LogP contribution in [-0.4, -0.2) is 9.96 Å². The molecule has 0 heterocycles. The number of hydrogen-bond acceptors (Lipinski definition) is 1. The highest BCUT2D eigenvalue weighted by atomic mass is 127. The van der Waals surface area contributed by atoms with Crippen molar-refractivity contribution in [2.75, 3.05) is 0 Å². The molecular weight excluding hydrogens is 210 g/mol. The van der Waals surface area contributed by atoms with E-state index in [0.29, 0.717) is 6.42 Å². The first-order valence-electron chi connectivity index (χ1n) is 2.05. The van der Waals surface area contributed by atoms with Crippen molar-refractivity contribution in [3.05, 3.63) is 0 Å². The van der Waals surface area contributed by atoms with Crippen LogP contribution in [0.3, 0.4) is 0 Å². The molecule has 0 saturated heterocycles. The molecule has 1 rings (SSSR count). The molecule has 0 spiro atoms. The lowest BCUT2D eigenvalue weighted by Gasteiger charge is -1.76. The number of rotatable bonds is 1. The summed E-state index contributed by atoms with van der Waals surface area (Å²) >= 11 is 1.63. The molecule has 2 unspecified atom stereocenters. The zero-order valence-electron chi connectivity index (χ0n) is 3.53. The summed E-state index contributed by atoms with van der Waals surface area (Å²) in [5, 5.41) is 0. The topological polar surface area (TPSA) is 17.1 Å². The largest absolute Gasteiger partial charge is 0.287 e. The Hall–Kier alpha value is 0.330. The molecule has 1 aliphatic rings. The van der Waals surface area contributed by atoms with Crippen LogP contribution in [-0.2, 0) is 4.79 Å². The zero-order chi connectivity index (χ0) is 5.44. The molecule has 0 radical (unpaired) electrons. The number of hydrogen-bond donors (Lipinski definition) is 0. The zero-order valence-corrected chi connectivity index (χ0v) is 5.68. The first-order chi connectivity index (χ1) is 3.22. The third-order valence-corrected chi connectivity index (χ3v) is 1.80. The molecule has 0 aromatic rings. The van der Waals surface area contributed by atoms with Crippen LogP contribution < -0.4 is 0 Å². The fourth-order valence-electron chi connectivity index (χ4n) is 0.399. The van der Waals surface area contributed by atoms with Gasteiger partial charge in [-0.1, -0.05) is 0 Å². The van der Waals surface area contributed by atoms with Gasteiger partial charge in [-0.15, -0.1) is 0 Å². The van der Waals surface area contributed by atoms with Crippen molar-refractivity contribution in [1.82, 2.24) is 0 Å². The molecule has 0 amide bonds. The molecule has 2 atom stereocenters. The van der Waals surface area contributed by atoms with Gasteiger partial charge >= 0.3 is 0 Å². The van der Waals surface area contributed by atoms with Gasteiger partial charge in [0.25, 0.3) is 0 Å². The van der Waals surface area contributed by atoms with Crippen LogP contribution in [0.2, 0.25) is 0 Å². The molecule has 0 aromatic carbocycles. The lowest BCUT2D eigenvalue weighted by molar-refractivity contribution is -0.110. The van der Waals surface area contributed by atoms with Gasteiger partial charge in [-0.2, -0.15) is 0 Å². The van der Waals surface area contributed by atoms with E-state index in [1.807, 2.05) is 0 Å². The Kier molecular flexibility index (Phi) is 1.32. The Bertz CT molecular complexity index is 104. The molecule has 7 heavy (non-hydrogen) atoms. The Morgan fingerprint density at radius 3 is 2.29 bits per heavy atom. The smallest absolute Gasteiger partial charge is 0.198 e. The third kappa shape index (κ3) is 1.11. The van der Waals surface area contributed by atoms with E-state index in [1.54, 1.807) is 22.6 Å². The second kappa shape index (κ2) is 1.69. The summed E-state index contributed by atoms with van der Waals surface area (Å²) in [7, 11) is 0. The van der Waals surface area contributed by atoms with E-state index in [9.17, 15) is 9.18 Å². The summed E-state index contributed by atoms with van der Waals surface area (Å²) in [6.45, 7) is 0. The molecule has 0 bridgehead atoms. The maximum atomic E-state index is 11.8. The average Bonchev–Trinajstić information content (AvgIpc) is 2.17. The second-order valence-corrected chi connectivity index (χ2v) is 2.73. The lowest BCUT2D eigenvalue weighted by atomic mass is 10.5. The summed E-state index contributed by atoms with van der Waals surface area (Å²) in [4.78, 5) is 10.2. The van der Waals surface area contributed by atoms with Crippen molar-refractivity contribution in [3.8, 4) is 0 Å². The van der Waals surface area contributed by atoms with Crippen molar-refractivity contribution in [3.63, 3.8) is 0 Å². The van der Waals surface area contributed by atoms with Crippen LogP contribution in [0.4, 0.5) is 4.39 Å². The van der Waals surface area contributed by atoms with Crippen LogP contribution in [0.1, 0.15) is 6.42 Å². The van der Waals surface area contributed by atoms with E-state index in [4.69, 9.17) is 0 Å². The van der Waals surface area contributed by atoms with Gasteiger partial charge < -0.3 is 0 Å². The first-order valence-corrected chi connectivity index (χ1v) is 3.13. The van der Waals surface area contributed by atoms with Crippen LogP contribution in [0.5, 0.6) is 0 Å². The Balaban J connectivity index is 2.33. The predicted molar refractivity (Wildman–Crippen MR) is 32.0 cm³/mol. The number of halogens is 2. The van der Waals surface area contributed by atoms with Crippen molar-refractivity contribution >= 4 is 26.4 Å². The number of carbonyl (C=O) groups excluding carboxylic acids is 1. The van der Waals surface area contributed by atoms with E-state index < -0.39 is 6.17 Å². The van der Waals surface area contributed by atoms with E-state index >= 15 is 0 Å². The molecule has 0 aliphatic heterocycles. The fraction of sp³-hybridized carbons (Fsp3) is 0.750. The monoisotopic (exact) mass is 214 g/mol.